The first-order chi connectivity index (χ1) is 8.67. The van der Waals surface area contributed by atoms with Gasteiger partial charge in [0.15, 0.2) is 6.10 Å². The summed E-state index contributed by atoms with van der Waals surface area (Å²) >= 11 is 0. The highest BCUT2D eigenvalue weighted by Crippen LogP contribution is 2.21. The number of carbonyl (C=O) groups excluding carboxylic acids is 2. The first-order valence-electron chi connectivity index (χ1n) is 5.46. The van der Waals surface area contributed by atoms with E-state index in [-0.39, 0.29) is 12.5 Å². The van der Waals surface area contributed by atoms with Gasteiger partial charge in [0.25, 0.3) is 5.91 Å². The van der Waals surface area contributed by atoms with Crippen LogP contribution >= 0.6 is 0 Å². The van der Waals surface area contributed by atoms with E-state index in [1.165, 1.54) is 7.11 Å². The van der Waals surface area contributed by atoms with Gasteiger partial charge in [0.05, 0.1) is 19.3 Å². The molecule has 1 aliphatic rings. The lowest BCUT2D eigenvalue weighted by Crippen LogP contribution is -2.58. The van der Waals surface area contributed by atoms with Crippen LogP contribution in [0.15, 0.2) is 24.3 Å². The fraction of sp³-hybridized carbons (Fsp3) is 0.333. The van der Waals surface area contributed by atoms with Gasteiger partial charge in [-0.1, -0.05) is 0 Å². The Morgan fingerprint density at radius 1 is 1.22 bits per heavy atom. The number of rotatable bonds is 3. The summed E-state index contributed by atoms with van der Waals surface area (Å²) in [6.45, 7) is 0.195. The summed E-state index contributed by atoms with van der Waals surface area (Å²) in [5.41, 5.74) is 0.486. The van der Waals surface area contributed by atoms with Crippen molar-refractivity contribution in [1.29, 1.82) is 0 Å². The first kappa shape index (κ1) is 12.4. The normalized spacial score (nSPS) is 19.7. The minimum atomic E-state index is -0.648. The van der Waals surface area contributed by atoms with E-state index in [0.717, 1.165) is 4.90 Å². The van der Waals surface area contributed by atoms with Crippen molar-refractivity contribution in [3.63, 3.8) is 0 Å². The molecule has 6 heteroatoms. The first-order valence-corrected chi connectivity index (χ1v) is 5.46. The average Bonchev–Trinajstić information content (AvgIpc) is 2.40. The third kappa shape index (κ3) is 2.14. The molecule has 1 atom stereocenters. The number of urea groups is 1. The van der Waals surface area contributed by atoms with Gasteiger partial charge < -0.3 is 14.8 Å². The number of ether oxygens (including phenoxy) is 2. The lowest BCUT2D eigenvalue weighted by atomic mass is 10.2. The van der Waals surface area contributed by atoms with Crippen LogP contribution in [0.4, 0.5) is 10.5 Å². The van der Waals surface area contributed by atoms with Crippen molar-refractivity contribution < 1.29 is 19.1 Å². The van der Waals surface area contributed by atoms with Gasteiger partial charge in [-0.25, -0.2) is 9.69 Å². The second-order valence-electron chi connectivity index (χ2n) is 3.78. The van der Waals surface area contributed by atoms with Crippen LogP contribution in [0.2, 0.25) is 0 Å². The van der Waals surface area contributed by atoms with Gasteiger partial charge in [-0.2, -0.15) is 0 Å². The number of nitrogens with zero attached hydrogens (tertiary/aromatic N) is 1. The lowest BCUT2D eigenvalue weighted by Gasteiger charge is -2.30. The van der Waals surface area contributed by atoms with Crippen molar-refractivity contribution in [2.24, 2.45) is 0 Å². The van der Waals surface area contributed by atoms with Gasteiger partial charge in [-0.05, 0) is 24.3 Å². The molecule has 0 spiro atoms. The molecular formula is C12H14N2O4. The van der Waals surface area contributed by atoms with E-state index in [9.17, 15) is 9.59 Å². The SMILES string of the molecule is COc1ccc(N2C(=O)NCC(OC)C2=O)cc1. The standard InChI is InChI=1S/C12H14N2O4/c1-17-9-5-3-8(4-6-9)14-11(15)10(18-2)7-13-12(14)16/h3-6,10H,7H2,1-2H3,(H,13,16). The average molecular weight is 250 g/mol. The fourth-order valence-electron chi connectivity index (χ4n) is 1.75. The zero-order chi connectivity index (χ0) is 13.1. The van der Waals surface area contributed by atoms with E-state index in [1.807, 2.05) is 0 Å². The summed E-state index contributed by atoms with van der Waals surface area (Å²) < 4.78 is 10.0. The molecule has 0 bridgehead atoms. The number of anilines is 1. The zero-order valence-electron chi connectivity index (χ0n) is 10.2. The number of amides is 3. The largest absolute Gasteiger partial charge is 0.497 e. The van der Waals surface area contributed by atoms with E-state index in [2.05, 4.69) is 5.32 Å². The van der Waals surface area contributed by atoms with Gasteiger partial charge in [-0.3, -0.25) is 4.79 Å². The van der Waals surface area contributed by atoms with Crippen molar-refractivity contribution in [3.8, 4) is 5.75 Å². The molecule has 2 rings (SSSR count). The van der Waals surface area contributed by atoms with Gasteiger partial charge in [-0.15, -0.1) is 0 Å². The van der Waals surface area contributed by atoms with Crippen molar-refractivity contribution in [1.82, 2.24) is 5.32 Å². The molecule has 1 aromatic carbocycles. The predicted molar refractivity (Wildman–Crippen MR) is 64.7 cm³/mol. The van der Waals surface area contributed by atoms with Crippen molar-refractivity contribution in [2.75, 3.05) is 25.7 Å². The summed E-state index contributed by atoms with van der Waals surface area (Å²) in [7, 11) is 2.99. The van der Waals surface area contributed by atoms with Crippen LogP contribution in [0.5, 0.6) is 5.75 Å². The maximum absolute atomic E-state index is 12.0. The molecule has 1 saturated heterocycles. The van der Waals surface area contributed by atoms with E-state index in [4.69, 9.17) is 9.47 Å². The van der Waals surface area contributed by atoms with Crippen LogP contribution in [0.25, 0.3) is 0 Å². The van der Waals surface area contributed by atoms with E-state index < -0.39 is 12.1 Å². The minimum absolute atomic E-state index is 0.195. The molecule has 1 aromatic rings. The summed E-state index contributed by atoms with van der Waals surface area (Å²) in [6.07, 6.45) is -0.648. The second kappa shape index (κ2) is 5.05. The Bertz CT molecular complexity index is 458. The van der Waals surface area contributed by atoms with Crippen molar-refractivity contribution in [2.45, 2.75) is 6.10 Å². The number of nitrogens with one attached hydrogen (secondary N) is 1. The van der Waals surface area contributed by atoms with Gasteiger partial charge in [0.1, 0.15) is 5.75 Å². The number of hydrogen-bond acceptors (Lipinski definition) is 4. The third-order valence-corrected chi connectivity index (χ3v) is 2.75. The van der Waals surface area contributed by atoms with Crippen LogP contribution in [0.1, 0.15) is 0 Å². The van der Waals surface area contributed by atoms with Gasteiger partial charge in [0, 0.05) is 7.11 Å². The van der Waals surface area contributed by atoms with Crippen molar-refractivity contribution >= 4 is 17.6 Å². The second-order valence-corrected chi connectivity index (χ2v) is 3.78. The molecule has 1 heterocycles. The van der Waals surface area contributed by atoms with Crippen LogP contribution in [0.3, 0.4) is 0 Å². The highest BCUT2D eigenvalue weighted by molar-refractivity contribution is 6.17. The van der Waals surface area contributed by atoms with Gasteiger partial charge in [0.2, 0.25) is 0 Å². The number of methoxy groups -OCH3 is 2. The molecular weight excluding hydrogens is 236 g/mol. The highest BCUT2D eigenvalue weighted by atomic mass is 16.5. The van der Waals surface area contributed by atoms with Crippen LogP contribution in [0, 0.1) is 0 Å². The van der Waals surface area contributed by atoms with E-state index >= 15 is 0 Å². The monoisotopic (exact) mass is 250 g/mol. The Hall–Kier alpha value is -2.08. The Morgan fingerprint density at radius 2 is 1.89 bits per heavy atom. The molecule has 1 fully saturated rings. The summed E-state index contributed by atoms with van der Waals surface area (Å²) in [5, 5.41) is 2.60. The van der Waals surface area contributed by atoms with Gasteiger partial charge >= 0.3 is 6.03 Å². The lowest BCUT2D eigenvalue weighted by molar-refractivity contribution is -0.128. The molecule has 6 nitrogen and oxygen atoms in total. The maximum Gasteiger partial charge on any atom is 0.328 e. The zero-order valence-corrected chi connectivity index (χ0v) is 10.2. The molecule has 0 radical (unpaired) electrons. The summed E-state index contributed by atoms with van der Waals surface area (Å²) in [5.74, 6) is 0.290. The summed E-state index contributed by atoms with van der Waals surface area (Å²) in [4.78, 5) is 24.8. The van der Waals surface area contributed by atoms with Crippen LogP contribution < -0.4 is 15.0 Å². The van der Waals surface area contributed by atoms with E-state index in [1.54, 1.807) is 31.4 Å². The smallest absolute Gasteiger partial charge is 0.328 e. The van der Waals surface area contributed by atoms with Crippen molar-refractivity contribution in [3.05, 3.63) is 24.3 Å². The Labute approximate surface area is 104 Å². The minimum Gasteiger partial charge on any atom is -0.497 e. The predicted octanol–water partition coefficient (Wildman–Crippen LogP) is 0.766. The Balaban J connectivity index is 2.28. The number of benzene rings is 1. The molecule has 18 heavy (non-hydrogen) atoms. The highest BCUT2D eigenvalue weighted by Gasteiger charge is 2.35. The molecule has 0 saturated carbocycles. The van der Waals surface area contributed by atoms with Crippen LogP contribution in [-0.2, 0) is 9.53 Å². The molecule has 1 unspecified atom stereocenters. The molecule has 3 amide bonds. The quantitative estimate of drug-likeness (QED) is 0.860. The molecule has 1 N–H and O–H groups in total. The molecule has 0 aliphatic carbocycles. The van der Waals surface area contributed by atoms with Crippen LogP contribution in [-0.4, -0.2) is 38.8 Å². The summed E-state index contributed by atoms with van der Waals surface area (Å²) in [6, 6.07) is 6.22. The number of imide groups is 1. The number of carbonyl (C=O) groups is 2. The Kier molecular flexibility index (Phi) is 3.47. The molecule has 0 aromatic heterocycles. The Morgan fingerprint density at radius 3 is 2.44 bits per heavy atom. The number of hydrogen-bond donors (Lipinski definition) is 1. The van der Waals surface area contributed by atoms with E-state index in [0.29, 0.717) is 11.4 Å². The molecule has 1 aliphatic heterocycles. The fourth-order valence-corrected chi connectivity index (χ4v) is 1.75. The topological polar surface area (TPSA) is 67.9 Å². The third-order valence-electron chi connectivity index (χ3n) is 2.75. The maximum atomic E-state index is 12.0. The molecule has 96 valence electrons.